The van der Waals surface area contributed by atoms with Gasteiger partial charge in [-0.3, -0.25) is 9.59 Å². The topological polar surface area (TPSA) is 97.1 Å². The summed E-state index contributed by atoms with van der Waals surface area (Å²) in [6, 6.07) is 3.70. The van der Waals surface area contributed by atoms with Crippen LogP contribution in [-0.2, 0) is 16.0 Å². The molecule has 0 fully saturated rings. The zero-order valence-electron chi connectivity index (χ0n) is 14.7. The molecule has 2 aromatic heterocycles. The van der Waals surface area contributed by atoms with Crippen LogP contribution in [0.2, 0.25) is 0 Å². The lowest BCUT2D eigenvalue weighted by Crippen LogP contribution is -2.39. The highest BCUT2D eigenvalue weighted by Crippen LogP contribution is 2.21. The van der Waals surface area contributed by atoms with Crippen molar-refractivity contribution < 1.29 is 22.8 Å². The van der Waals surface area contributed by atoms with Crippen molar-refractivity contribution in [3.05, 3.63) is 58.1 Å². The molecule has 28 heavy (non-hydrogen) atoms. The lowest BCUT2D eigenvalue weighted by Gasteiger charge is -2.17. The van der Waals surface area contributed by atoms with Crippen molar-refractivity contribution in [1.82, 2.24) is 20.8 Å². The second-order valence-electron chi connectivity index (χ2n) is 5.80. The summed E-state index contributed by atoms with van der Waals surface area (Å²) in [4.78, 5) is 24.3. The van der Waals surface area contributed by atoms with Gasteiger partial charge in [0.15, 0.2) is 11.6 Å². The van der Waals surface area contributed by atoms with Crippen molar-refractivity contribution in [2.24, 2.45) is 0 Å². The van der Waals surface area contributed by atoms with Gasteiger partial charge in [0.1, 0.15) is 6.04 Å². The van der Waals surface area contributed by atoms with Crippen LogP contribution in [0, 0.1) is 11.6 Å². The Hall–Kier alpha value is -3.14. The molecule has 0 saturated heterocycles. The third-order valence-electron chi connectivity index (χ3n) is 3.89. The second-order valence-corrected chi connectivity index (χ2v) is 6.58. The van der Waals surface area contributed by atoms with Crippen molar-refractivity contribution in [3.8, 4) is 11.5 Å². The first kappa shape index (κ1) is 19.6. The minimum Gasteiger partial charge on any atom is -0.421 e. The number of carbonyl (C=O) groups excluding carboxylic acids is 2. The van der Waals surface area contributed by atoms with E-state index in [9.17, 15) is 18.4 Å². The van der Waals surface area contributed by atoms with Gasteiger partial charge in [0.05, 0.1) is 0 Å². The van der Waals surface area contributed by atoms with Gasteiger partial charge in [-0.25, -0.2) is 8.78 Å². The number of aromatic nitrogens is 2. The van der Waals surface area contributed by atoms with Crippen molar-refractivity contribution in [1.29, 1.82) is 0 Å². The van der Waals surface area contributed by atoms with Crippen molar-refractivity contribution in [2.75, 3.05) is 7.05 Å². The fourth-order valence-corrected chi connectivity index (χ4v) is 3.08. The minimum absolute atomic E-state index is 0.0254. The van der Waals surface area contributed by atoms with Gasteiger partial charge in [0, 0.05) is 30.8 Å². The molecule has 1 aromatic carbocycles. The van der Waals surface area contributed by atoms with E-state index in [1.807, 2.05) is 16.8 Å². The Morgan fingerprint density at radius 2 is 2.04 bits per heavy atom. The van der Waals surface area contributed by atoms with Crippen LogP contribution in [0.4, 0.5) is 8.78 Å². The molecule has 2 heterocycles. The van der Waals surface area contributed by atoms with Crippen molar-refractivity contribution in [2.45, 2.75) is 18.9 Å². The smallest absolute Gasteiger partial charge is 0.248 e. The van der Waals surface area contributed by atoms with E-state index in [0.29, 0.717) is 5.89 Å². The van der Waals surface area contributed by atoms with E-state index in [1.165, 1.54) is 24.5 Å². The largest absolute Gasteiger partial charge is 0.421 e. The molecule has 3 rings (SSSR count). The number of nitrogens with zero attached hydrogens (tertiary/aromatic N) is 2. The summed E-state index contributed by atoms with van der Waals surface area (Å²) in [5, 5.41) is 16.4. The van der Waals surface area contributed by atoms with Gasteiger partial charge in [0.2, 0.25) is 23.6 Å². The molecule has 1 atom stereocenters. The van der Waals surface area contributed by atoms with Gasteiger partial charge >= 0.3 is 0 Å². The Bertz CT molecular complexity index is 975. The Kier molecular flexibility index (Phi) is 6.09. The molecule has 3 aromatic rings. The van der Waals surface area contributed by atoms with Crippen molar-refractivity contribution >= 4 is 23.2 Å². The van der Waals surface area contributed by atoms with Crippen LogP contribution in [0.1, 0.15) is 23.9 Å². The number of nitrogens with one attached hydrogen (secondary N) is 2. The Labute approximate surface area is 162 Å². The van der Waals surface area contributed by atoms with E-state index in [1.54, 1.807) is 0 Å². The maximum Gasteiger partial charge on any atom is 0.248 e. The first-order chi connectivity index (χ1) is 13.5. The van der Waals surface area contributed by atoms with Crippen LogP contribution in [-0.4, -0.2) is 29.1 Å². The van der Waals surface area contributed by atoms with Crippen LogP contribution in [0.3, 0.4) is 0 Å². The predicted molar refractivity (Wildman–Crippen MR) is 97.2 cm³/mol. The van der Waals surface area contributed by atoms with Crippen LogP contribution >= 0.6 is 11.3 Å². The molecule has 0 aliphatic rings. The van der Waals surface area contributed by atoms with E-state index in [2.05, 4.69) is 20.8 Å². The van der Waals surface area contributed by atoms with Crippen LogP contribution in [0.5, 0.6) is 0 Å². The van der Waals surface area contributed by atoms with Gasteiger partial charge in [-0.1, -0.05) is 6.07 Å². The molecule has 2 amide bonds. The standard InChI is InChI=1S/C18H16F2N4O3S/c1-21-17(26)16(10-2-3-12(19)13(20)8-10)22-14(25)4-5-15-23-24-18(27-15)11-6-7-28-9-11/h2-3,6-9,16H,4-5H2,1H3,(H,21,26)(H,22,25). The summed E-state index contributed by atoms with van der Waals surface area (Å²) in [7, 11) is 1.38. The zero-order chi connectivity index (χ0) is 20.1. The Balaban J connectivity index is 1.64. The summed E-state index contributed by atoms with van der Waals surface area (Å²) in [6.45, 7) is 0. The third kappa shape index (κ3) is 4.58. The first-order valence-corrected chi connectivity index (χ1v) is 9.23. The number of rotatable bonds is 7. The third-order valence-corrected chi connectivity index (χ3v) is 4.58. The summed E-state index contributed by atoms with van der Waals surface area (Å²) >= 11 is 1.49. The van der Waals surface area contributed by atoms with Gasteiger partial charge in [-0.15, -0.1) is 10.2 Å². The number of aryl methyl sites for hydroxylation is 1. The number of halogens is 2. The second kappa shape index (κ2) is 8.70. The van der Waals surface area contributed by atoms with E-state index >= 15 is 0 Å². The van der Waals surface area contributed by atoms with E-state index in [0.717, 1.165) is 17.7 Å². The zero-order valence-corrected chi connectivity index (χ0v) is 15.6. The number of hydrogen-bond donors (Lipinski definition) is 2. The molecule has 10 heteroatoms. The molecule has 1 unspecified atom stereocenters. The summed E-state index contributed by atoms with van der Waals surface area (Å²) < 4.78 is 32.1. The molecular weight excluding hydrogens is 390 g/mol. The average molecular weight is 406 g/mol. The number of thiophene rings is 1. The first-order valence-electron chi connectivity index (χ1n) is 8.28. The number of carbonyl (C=O) groups is 2. The molecule has 7 nitrogen and oxygen atoms in total. The summed E-state index contributed by atoms with van der Waals surface area (Å²) in [5.74, 6) is -2.54. The van der Waals surface area contributed by atoms with E-state index in [-0.39, 0.29) is 24.3 Å². The van der Waals surface area contributed by atoms with Gasteiger partial charge in [0.25, 0.3) is 0 Å². The minimum atomic E-state index is -1.16. The van der Waals surface area contributed by atoms with Crippen molar-refractivity contribution in [3.63, 3.8) is 0 Å². The number of amides is 2. The molecular formula is C18H16F2N4O3S. The normalized spacial score (nSPS) is 11.8. The molecule has 0 aliphatic heterocycles. The van der Waals surface area contributed by atoms with Gasteiger partial charge < -0.3 is 15.1 Å². The quantitative estimate of drug-likeness (QED) is 0.629. The fourth-order valence-electron chi connectivity index (χ4n) is 2.45. The molecule has 0 spiro atoms. The highest BCUT2D eigenvalue weighted by molar-refractivity contribution is 7.08. The molecule has 2 N–H and O–H groups in total. The van der Waals surface area contributed by atoms with E-state index in [4.69, 9.17) is 4.42 Å². The number of benzene rings is 1. The van der Waals surface area contributed by atoms with Gasteiger partial charge in [-0.05, 0) is 29.1 Å². The number of likely N-dealkylation sites (N-methyl/N-ethyl adjacent to an activating group) is 1. The molecule has 0 aliphatic carbocycles. The van der Waals surface area contributed by atoms with Crippen LogP contribution in [0.25, 0.3) is 11.5 Å². The maximum absolute atomic E-state index is 13.5. The Morgan fingerprint density at radius 3 is 2.71 bits per heavy atom. The molecule has 146 valence electrons. The van der Waals surface area contributed by atoms with Crippen LogP contribution in [0.15, 0.2) is 39.4 Å². The Morgan fingerprint density at radius 1 is 1.21 bits per heavy atom. The van der Waals surface area contributed by atoms with Crippen LogP contribution < -0.4 is 10.6 Å². The average Bonchev–Trinajstić information content (AvgIpc) is 3.37. The SMILES string of the molecule is CNC(=O)C(NC(=O)CCc1nnc(-c2ccsc2)o1)c1ccc(F)c(F)c1. The molecule has 0 radical (unpaired) electrons. The summed E-state index contributed by atoms with van der Waals surface area (Å²) in [5.41, 5.74) is 0.926. The monoisotopic (exact) mass is 406 g/mol. The molecule has 0 bridgehead atoms. The summed E-state index contributed by atoms with van der Waals surface area (Å²) in [6.07, 6.45) is 0.143. The van der Waals surface area contributed by atoms with Gasteiger partial charge in [-0.2, -0.15) is 11.3 Å². The van der Waals surface area contributed by atoms with E-state index < -0.39 is 29.5 Å². The maximum atomic E-state index is 13.5. The highest BCUT2D eigenvalue weighted by atomic mass is 32.1. The lowest BCUT2D eigenvalue weighted by molar-refractivity contribution is -0.128. The number of hydrogen-bond acceptors (Lipinski definition) is 6. The lowest BCUT2D eigenvalue weighted by atomic mass is 10.1. The predicted octanol–water partition coefficient (Wildman–Crippen LogP) is 2.61. The molecule has 0 saturated carbocycles. The fraction of sp³-hybridized carbons (Fsp3) is 0.222. The highest BCUT2D eigenvalue weighted by Gasteiger charge is 2.23.